The van der Waals surface area contributed by atoms with Gasteiger partial charge >= 0.3 is 0 Å². The Kier molecular flexibility index (Phi) is 3.95. The number of halogens is 2. The van der Waals surface area contributed by atoms with Gasteiger partial charge in [0.15, 0.2) is 0 Å². The van der Waals surface area contributed by atoms with Crippen LogP contribution in [0.3, 0.4) is 0 Å². The highest BCUT2D eigenvalue weighted by atomic mass is 35.5. The van der Waals surface area contributed by atoms with E-state index in [1.807, 2.05) is 0 Å². The molecule has 1 unspecified atom stereocenters. The summed E-state index contributed by atoms with van der Waals surface area (Å²) in [5, 5.41) is 4.04. The summed E-state index contributed by atoms with van der Waals surface area (Å²) >= 11 is 5.94. The lowest BCUT2D eigenvalue weighted by Crippen LogP contribution is -2.60. The van der Waals surface area contributed by atoms with Gasteiger partial charge in [-0.3, -0.25) is 4.90 Å². The van der Waals surface area contributed by atoms with Gasteiger partial charge in [-0.05, 0) is 39.0 Å². The van der Waals surface area contributed by atoms with Gasteiger partial charge in [0.25, 0.3) is 0 Å². The lowest BCUT2D eigenvalue weighted by Gasteiger charge is -2.45. The fourth-order valence-electron chi connectivity index (χ4n) is 2.33. The molecular formula is C14H20ClFN2. The predicted octanol–water partition coefficient (Wildman–Crippen LogP) is 3.05. The molecule has 0 spiro atoms. The molecular weight excluding hydrogens is 251 g/mol. The summed E-state index contributed by atoms with van der Waals surface area (Å²) in [6.07, 6.45) is 0. The highest BCUT2D eigenvalue weighted by molar-refractivity contribution is 6.30. The number of hydrogen-bond donors (Lipinski definition) is 1. The summed E-state index contributed by atoms with van der Waals surface area (Å²) in [4.78, 5) is 2.31. The second-order valence-electron chi connectivity index (χ2n) is 5.71. The average molecular weight is 271 g/mol. The zero-order chi connectivity index (χ0) is 13.3. The first kappa shape index (κ1) is 13.8. The van der Waals surface area contributed by atoms with Gasteiger partial charge in [0.05, 0.1) is 0 Å². The molecule has 1 N–H and O–H groups in total. The number of hydrogen-bond acceptors (Lipinski definition) is 2. The summed E-state index contributed by atoms with van der Waals surface area (Å²) in [5.41, 5.74) is 0.700. The van der Waals surface area contributed by atoms with Crippen LogP contribution < -0.4 is 5.32 Å². The molecule has 2 nitrogen and oxygen atoms in total. The van der Waals surface area contributed by atoms with Crippen molar-refractivity contribution in [2.24, 2.45) is 0 Å². The predicted molar refractivity (Wildman–Crippen MR) is 73.4 cm³/mol. The van der Waals surface area contributed by atoms with Crippen LogP contribution in [0.4, 0.5) is 4.39 Å². The van der Waals surface area contributed by atoms with Gasteiger partial charge in [0.1, 0.15) is 5.82 Å². The minimum atomic E-state index is -0.179. The van der Waals surface area contributed by atoms with E-state index < -0.39 is 0 Å². The van der Waals surface area contributed by atoms with E-state index in [2.05, 4.69) is 31.0 Å². The molecule has 1 aliphatic rings. The molecule has 1 aromatic carbocycles. The third kappa shape index (κ3) is 3.02. The van der Waals surface area contributed by atoms with E-state index in [-0.39, 0.29) is 11.4 Å². The monoisotopic (exact) mass is 270 g/mol. The number of nitrogens with one attached hydrogen (secondary N) is 1. The Labute approximate surface area is 113 Å². The standard InChI is InChI=1S/C14H20ClFN2/c1-10-7-18(14(2,3)9-17-10)8-11-6-12(15)4-5-13(11)16/h4-6,10,17H,7-9H2,1-3H3. The lowest BCUT2D eigenvalue weighted by atomic mass is 9.97. The minimum absolute atomic E-state index is 0.0290. The molecule has 4 heteroatoms. The van der Waals surface area contributed by atoms with Gasteiger partial charge in [-0.25, -0.2) is 4.39 Å². The first-order chi connectivity index (χ1) is 8.38. The first-order valence-corrected chi connectivity index (χ1v) is 6.68. The third-order valence-electron chi connectivity index (χ3n) is 3.60. The number of rotatable bonds is 2. The van der Waals surface area contributed by atoms with Crippen LogP contribution in [0.15, 0.2) is 18.2 Å². The van der Waals surface area contributed by atoms with Crippen molar-refractivity contribution < 1.29 is 4.39 Å². The van der Waals surface area contributed by atoms with E-state index in [1.165, 1.54) is 6.07 Å². The molecule has 0 aliphatic carbocycles. The van der Waals surface area contributed by atoms with Crippen molar-refractivity contribution in [1.29, 1.82) is 0 Å². The van der Waals surface area contributed by atoms with Crippen molar-refractivity contribution >= 4 is 11.6 Å². The second kappa shape index (κ2) is 5.16. The Hall–Kier alpha value is -0.640. The molecule has 0 saturated carbocycles. The highest BCUT2D eigenvalue weighted by Crippen LogP contribution is 2.24. The van der Waals surface area contributed by atoms with Gasteiger partial charge < -0.3 is 5.32 Å². The number of benzene rings is 1. The summed E-state index contributed by atoms with van der Waals surface area (Å²) in [6.45, 7) is 8.93. The molecule has 1 fully saturated rings. The van der Waals surface area contributed by atoms with E-state index in [9.17, 15) is 4.39 Å². The molecule has 1 heterocycles. The molecule has 1 atom stereocenters. The van der Waals surface area contributed by atoms with Crippen LogP contribution in [-0.2, 0) is 6.54 Å². The van der Waals surface area contributed by atoms with E-state index in [0.29, 0.717) is 23.2 Å². The highest BCUT2D eigenvalue weighted by Gasteiger charge is 2.32. The van der Waals surface area contributed by atoms with E-state index in [1.54, 1.807) is 12.1 Å². The fraction of sp³-hybridized carbons (Fsp3) is 0.571. The van der Waals surface area contributed by atoms with Crippen LogP contribution in [0, 0.1) is 5.82 Å². The van der Waals surface area contributed by atoms with Crippen LogP contribution in [0.5, 0.6) is 0 Å². The van der Waals surface area contributed by atoms with Crippen molar-refractivity contribution in [3.63, 3.8) is 0 Å². The molecule has 0 bridgehead atoms. The van der Waals surface area contributed by atoms with Gasteiger partial charge in [0.2, 0.25) is 0 Å². The maximum atomic E-state index is 13.8. The second-order valence-corrected chi connectivity index (χ2v) is 6.15. The largest absolute Gasteiger partial charge is 0.311 e. The summed E-state index contributed by atoms with van der Waals surface area (Å²) in [6, 6.07) is 5.18. The maximum Gasteiger partial charge on any atom is 0.127 e. The Morgan fingerprint density at radius 1 is 1.50 bits per heavy atom. The van der Waals surface area contributed by atoms with Crippen LogP contribution in [0.2, 0.25) is 5.02 Å². The first-order valence-electron chi connectivity index (χ1n) is 6.31. The fourth-order valence-corrected chi connectivity index (χ4v) is 2.52. The molecule has 0 aromatic heterocycles. The molecule has 1 aliphatic heterocycles. The lowest BCUT2D eigenvalue weighted by molar-refractivity contribution is 0.0616. The number of nitrogens with zero attached hydrogens (tertiary/aromatic N) is 1. The molecule has 1 saturated heterocycles. The summed E-state index contributed by atoms with van der Waals surface area (Å²) < 4.78 is 13.8. The molecule has 1 aromatic rings. The van der Waals surface area contributed by atoms with Gasteiger partial charge in [-0.1, -0.05) is 11.6 Å². The zero-order valence-corrected chi connectivity index (χ0v) is 11.9. The topological polar surface area (TPSA) is 15.3 Å². The smallest absolute Gasteiger partial charge is 0.127 e. The molecule has 0 radical (unpaired) electrons. The average Bonchev–Trinajstić information content (AvgIpc) is 2.29. The summed E-state index contributed by atoms with van der Waals surface area (Å²) in [5.74, 6) is -0.179. The molecule has 100 valence electrons. The van der Waals surface area contributed by atoms with Crippen molar-refractivity contribution in [3.05, 3.63) is 34.6 Å². The van der Waals surface area contributed by atoms with E-state index in [4.69, 9.17) is 11.6 Å². The van der Waals surface area contributed by atoms with Crippen molar-refractivity contribution in [1.82, 2.24) is 10.2 Å². The van der Waals surface area contributed by atoms with Crippen molar-refractivity contribution in [3.8, 4) is 0 Å². The van der Waals surface area contributed by atoms with Gasteiger partial charge in [0, 0.05) is 41.8 Å². The SMILES string of the molecule is CC1CN(Cc2cc(Cl)ccc2F)C(C)(C)CN1. The zero-order valence-electron chi connectivity index (χ0n) is 11.1. The van der Waals surface area contributed by atoms with Crippen LogP contribution in [0.25, 0.3) is 0 Å². The van der Waals surface area contributed by atoms with E-state index >= 15 is 0 Å². The Morgan fingerprint density at radius 3 is 2.94 bits per heavy atom. The van der Waals surface area contributed by atoms with E-state index in [0.717, 1.165) is 13.1 Å². The van der Waals surface area contributed by atoms with Gasteiger partial charge in [-0.2, -0.15) is 0 Å². The quantitative estimate of drug-likeness (QED) is 0.889. The van der Waals surface area contributed by atoms with Crippen LogP contribution >= 0.6 is 11.6 Å². The van der Waals surface area contributed by atoms with Crippen molar-refractivity contribution in [2.75, 3.05) is 13.1 Å². The van der Waals surface area contributed by atoms with Crippen molar-refractivity contribution in [2.45, 2.75) is 38.9 Å². The normalized spacial score (nSPS) is 24.2. The minimum Gasteiger partial charge on any atom is -0.311 e. The molecule has 2 rings (SSSR count). The number of piperazine rings is 1. The molecule has 18 heavy (non-hydrogen) atoms. The Morgan fingerprint density at radius 2 is 2.22 bits per heavy atom. The third-order valence-corrected chi connectivity index (χ3v) is 3.84. The Bertz CT molecular complexity index is 434. The van der Waals surface area contributed by atoms with Crippen LogP contribution in [-0.4, -0.2) is 29.6 Å². The Balaban J connectivity index is 2.18. The maximum absolute atomic E-state index is 13.8. The molecule has 0 amide bonds. The summed E-state index contributed by atoms with van der Waals surface area (Å²) in [7, 11) is 0. The van der Waals surface area contributed by atoms with Gasteiger partial charge in [-0.15, -0.1) is 0 Å². The van der Waals surface area contributed by atoms with Crippen LogP contribution in [0.1, 0.15) is 26.3 Å².